The first-order valence-electron chi connectivity index (χ1n) is 10.7. The number of aryl methyl sites for hydroxylation is 1. The highest BCUT2D eigenvalue weighted by atomic mass is 16.7. The smallest absolute Gasteiger partial charge is 0.200 e. The van der Waals surface area contributed by atoms with E-state index in [1.54, 1.807) is 7.11 Å². The van der Waals surface area contributed by atoms with Gasteiger partial charge in [-0.05, 0) is 52.0 Å². The lowest BCUT2D eigenvalue weighted by Gasteiger charge is -2.42. The maximum Gasteiger partial charge on any atom is 0.200 e. The van der Waals surface area contributed by atoms with Crippen molar-refractivity contribution in [1.29, 1.82) is 0 Å². The predicted octanol–water partition coefficient (Wildman–Crippen LogP) is 5.88. The van der Waals surface area contributed by atoms with E-state index in [0.29, 0.717) is 5.92 Å². The normalized spacial score (nSPS) is 22.8. The molecule has 4 rings (SSSR count). The van der Waals surface area contributed by atoms with Crippen LogP contribution in [0.3, 0.4) is 0 Å². The molecule has 2 aromatic carbocycles. The minimum Gasteiger partial charge on any atom is -0.490 e. The molecular weight excluding hydrogens is 364 g/mol. The number of rotatable bonds is 7. The summed E-state index contributed by atoms with van der Waals surface area (Å²) in [6.45, 7) is 6.42. The number of methoxy groups -OCH3 is 1. The zero-order chi connectivity index (χ0) is 20.4. The lowest BCUT2D eigenvalue weighted by molar-refractivity contribution is -0.0808. The van der Waals surface area contributed by atoms with Crippen molar-refractivity contribution in [2.24, 2.45) is 0 Å². The minimum atomic E-state index is -0.215. The van der Waals surface area contributed by atoms with Crippen LogP contribution in [-0.4, -0.2) is 25.1 Å². The van der Waals surface area contributed by atoms with Crippen LogP contribution in [-0.2, 0) is 11.2 Å². The van der Waals surface area contributed by atoms with Crippen LogP contribution in [0.4, 0.5) is 0 Å². The number of hydrogen-bond acceptors (Lipinski definition) is 4. The number of ether oxygens (including phenoxy) is 4. The Morgan fingerprint density at radius 2 is 1.90 bits per heavy atom. The van der Waals surface area contributed by atoms with Crippen LogP contribution in [0.2, 0.25) is 0 Å². The van der Waals surface area contributed by atoms with Crippen molar-refractivity contribution in [3.8, 4) is 17.2 Å². The summed E-state index contributed by atoms with van der Waals surface area (Å²) in [5.41, 5.74) is 2.34. The molecule has 3 unspecified atom stereocenters. The molecule has 2 heterocycles. The fraction of sp³-hybridized carbons (Fsp3) is 0.520. The van der Waals surface area contributed by atoms with Gasteiger partial charge in [0, 0.05) is 37.1 Å². The Hall–Kier alpha value is -2.20. The zero-order valence-corrected chi connectivity index (χ0v) is 17.9. The first-order chi connectivity index (χ1) is 13.9. The Kier molecular flexibility index (Phi) is 5.73. The summed E-state index contributed by atoms with van der Waals surface area (Å²) in [4.78, 5) is 0. The molecule has 0 aliphatic carbocycles. The zero-order valence-electron chi connectivity index (χ0n) is 17.9. The summed E-state index contributed by atoms with van der Waals surface area (Å²) in [6, 6.07) is 14.6. The van der Waals surface area contributed by atoms with Crippen molar-refractivity contribution >= 4 is 0 Å². The van der Waals surface area contributed by atoms with E-state index in [1.807, 2.05) is 12.1 Å². The van der Waals surface area contributed by atoms with E-state index in [-0.39, 0.29) is 18.0 Å². The van der Waals surface area contributed by atoms with E-state index < -0.39 is 0 Å². The largest absolute Gasteiger partial charge is 0.490 e. The maximum atomic E-state index is 6.30. The highest BCUT2D eigenvalue weighted by molar-refractivity contribution is 5.55. The van der Waals surface area contributed by atoms with E-state index >= 15 is 0 Å². The lowest BCUT2D eigenvalue weighted by Crippen LogP contribution is -2.39. The molecule has 0 aromatic heterocycles. The molecule has 0 N–H and O–H groups in total. The maximum absolute atomic E-state index is 6.30. The highest BCUT2D eigenvalue weighted by Gasteiger charge is 2.41. The van der Waals surface area contributed by atoms with Crippen LogP contribution in [0, 0.1) is 0 Å². The third-order valence-electron chi connectivity index (χ3n) is 5.86. The molecule has 0 saturated heterocycles. The van der Waals surface area contributed by atoms with Gasteiger partial charge in [-0.3, -0.25) is 0 Å². The van der Waals surface area contributed by atoms with Gasteiger partial charge < -0.3 is 18.9 Å². The number of hydrogen-bond donors (Lipinski definition) is 0. The summed E-state index contributed by atoms with van der Waals surface area (Å²) in [6.07, 6.45) is 4.90. The molecule has 0 amide bonds. The second-order valence-corrected chi connectivity index (χ2v) is 8.92. The summed E-state index contributed by atoms with van der Waals surface area (Å²) in [7, 11) is 1.70. The van der Waals surface area contributed by atoms with Crippen LogP contribution in [0.25, 0.3) is 0 Å². The Morgan fingerprint density at radius 1 is 1.14 bits per heavy atom. The van der Waals surface area contributed by atoms with Crippen LogP contribution in [0.1, 0.15) is 63.5 Å². The average molecular weight is 397 g/mol. The van der Waals surface area contributed by atoms with Crippen LogP contribution < -0.4 is 14.2 Å². The van der Waals surface area contributed by atoms with Crippen LogP contribution in [0.15, 0.2) is 42.5 Å². The van der Waals surface area contributed by atoms with Gasteiger partial charge in [-0.1, -0.05) is 30.3 Å². The van der Waals surface area contributed by atoms with Gasteiger partial charge in [-0.15, -0.1) is 0 Å². The van der Waals surface area contributed by atoms with Gasteiger partial charge in [0.2, 0.25) is 0 Å². The minimum absolute atomic E-state index is 0.123. The highest BCUT2D eigenvalue weighted by Crippen LogP contribution is 2.52. The van der Waals surface area contributed by atoms with Crippen molar-refractivity contribution in [3.63, 3.8) is 0 Å². The molecule has 156 valence electrons. The van der Waals surface area contributed by atoms with Gasteiger partial charge in [0.05, 0.1) is 6.10 Å². The molecule has 0 spiro atoms. The number of benzene rings is 2. The fourth-order valence-corrected chi connectivity index (χ4v) is 4.56. The molecule has 0 radical (unpaired) electrons. The molecule has 0 fully saturated rings. The molecule has 2 aliphatic rings. The lowest BCUT2D eigenvalue weighted by atomic mass is 9.80. The van der Waals surface area contributed by atoms with Crippen LogP contribution >= 0.6 is 0 Å². The van der Waals surface area contributed by atoms with Gasteiger partial charge >= 0.3 is 0 Å². The van der Waals surface area contributed by atoms with Crippen LogP contribution in [0.5, 0.6) is 17.2 Å². The molecule has 29 heavy (non-hydrogen) atoms. The Bertz CT molecular complexity index is 830. The molecule has 2 aliphatic heterocycles. The molecule has 0 bridgehead atoms. The Balaban J connectivity index is 1.46. The van der Waals surface area contributed by atoms with Crippen molar-refractivity contribution in [2.45, 2.75) is 76.8 Å². The summed E-state index contributed by atoms with van der Waals surface area (Å²) in [5, 5.41) is 0. The SMILES string of the molecule is COC1CC2CC(C)(C)Oc3cc(OC(C)CCCc4ccccc4)cc(c32)O1. The second kappa shape index (κ2) is 8.27. The third-order valence-corrected chi connectivity index (χ3v) is 5.86. The third kappa shape index (κ3) is 4.69. The molecule has 0 saturated carbocycles. The summed E-state index contributed by atoms with van der Waals surface area (Å²) >= 11 is 0. The predicted molar refractivity (Wildman–Crippen MR) is 114 cm³/mol. The first kappa shape index (κ1) is 20.1. The van der Waals surface area contributed by atoms with E-state index in [9.17, 15) is 0 Å². The second-order valence-electron chi connectivity index (χ2n) is 8.92. The Morgan fingerprint density at radius 3 is 2.66 bits per heavy atom. The molecule has 4 nitrogen and oxygen atoms in total. The van der Waals surface area contributed by atoms with E-state index in [4.69, 9.17) is 18.9 Å². The quantitative estimate of drug-likeness (QED) is 0.586. The van der Waals surface area contributed by atoms with Gasteiger partial charge in [-0.25, -0.2) is 0 Å². The van der Waals surface area contributed by atoms with Gasteiger partial charge in [0.25, 0.3) is 0 Å². The molecule has 2 aromatic rings. The first-order valence-corrected chi connectivity index (χ1v) is 10.7. The van der Waals surface area contributed by atoms with Crippen molar-refractivity contribution < 1.29 is 18.9 Å². The van der Waals surface area contributed by atoms with E-state index in [2.05, 4.69) is 51.1 Å². The van der Waals surface area contributed by atoms with Crippen molar-refractivity contribution in [2.75, 3.05) is 7.11 Å². The van der Waals surface area contributed by atoms with E-state index in [0.717, 1.165) is 49.4 Å². The summed E-state index contributed by atoms with van der Waals surface area (Å²) < 4.78 is 24.2. The van der Waals surface area contributed by atoms with Gasteiger partial charge in [0.1, 0.15) is 22.8 Å². The molecule has 3 atom stereocenters. The molecular formula is C25H32O4. The molecule has 4 heteroatoms. The monoisotopic (exact) mass is 396 g/mol. The standard InChI is InChI=1S/C25H32O4/c1-17(9-8-12-18-10-6-5-7-11-18)27-20-14-21-24-19(13-23(26-4)28-21)16-25(2,3)29-22(24)15-20/h5-7,10-11,14-15,17,19,23H,8-9,12-13,16H2,1-4H3. The summed E-state index contributed by atoms with van der Waals surface area (Å²) in [5.74, 6) is 2.93. The van der Waals surface area contributed by atoms with Gasteiger partial charge in [-0.2, -0.15) is 0 Å². The van der Waals surface area contributed by atoms with Crippen molar-refractivity contribution in [3.05, 3.63) is 53.6 Å². The van der Waals surface area contributed by atoms with E-state index in [1.165, 1.54) is 11.1 Å². The van der Waals surface area contributed by atoms with Gasteiger partial charge in [0.15, 0.2) is 6.29 Å². The van der Waals surface area contributed by atoms with Crippen molar-refractivity contribution in [1.82, 2.24) is 0 Å². The Labute approximate surface area is 174 Å². The average Bonchev–Trinajstić information content (AvgIpc) is 2.67. The topological polar surface area (TPSA) is 36.9 Å². The fourth-order valence-electron chi connectivity index (χ4n) is 4.56.